The van der Waals surface area contributed by atoms with Gasteiger partial charge in [0.05, 0.1) is 40.7 Å². The normalized spacial score (nSPS) is 10.7. The van der Waals surface area contributed by atoms with E-state index in [1.54, 1.807) is 36.1 Å². The van der Waals surface area contributed by atoms with E-state index in [4.69, 9.17) is 4.74 Å². The highest BCUT2D eigenvalue weighted by Gasteiger charge is 2.20. The first-order valence-electron chi connectivity index (χ1n) is 6.56. The Bertz CT molecular complexity index is 914. The SMILES string of the molecule is COC(=O)c1c(NC(=O)c2ccc3c(Br)cnn3c2)cnn1C. The largest absolute Gasteiger partial charge is 0.464 e. The molecule has 118 valence electrons. The van der Waals surface area contributed by atoms with Crippen LogP contribution in [0.25, 0.3) is 5.52 Å². The summed E-state index contributed by atoms with van der Waals surface area (Å²) in [4.78, 5) is 24.1. The van der Waals surface area contributed by atoms with Crippen LogP contribution in [0, 0.1) is 0 Å². The van der Waals surface area contributed by atoms with Crippen molar-refractivity contribution < 1.29 is 14.3 Å². The van der Waals surface area contributed by atoms with Crippen LogP contribution in [-0.2, 0) is 11.8 Å². The minimum absolute atomic E-state index is 0.170. The maximum Gasteiger partial charge on any atom is 0.358 e. The van der Waals surface area contributed by atoms with Gasteiger partial charge in [0.2, 0.25) is 0 Å². The Morgan fingerprint density at radius 1 is 1.26 bits per heavy atom. The number of fused-ring (bicyclic) bond motifs is 1. The van der Waals surface area contributed by atoms with Crippen LogP contribution in [0.5, 0.6) is 0 Å². The van der Waals surface area contributed by atoms with E-state index < -0.39 is 5.97 Å². The molecule has 3 aromatic heterocycles. The number of halogens is 1. The first-order chi connectivity index (χ1) is 11.0. The summed E-state index contributed by atoms with van der Waals surface area (Å²) in [5.74, 6) is -0.955. The molecule has 0 aliphatic rings. The predicted octanol–water partition coefficient (Wildman–Crippen LogP) is 1.87. The summed E-state index contributed by atoms with van der Waals surface area (Å²) in [6.07, 6.45) is 4.64. The van der Waals surface area contributed by atoms with Gasteiger partial charge in [-0.25, -0.2) is 9.31 Å². The molecule has 0 atom stereocenters. The third-order valence-corrected chi connectivity index (χ3v) is 3.91. The number of rotatable bonds is 3. The Hall–Kier alpha value is -2.68. The van der Waals surface area contributed by atoms with E-state index in [1.807, 2.05) is 0 Å². The van der Waals surface area contributed by atoms with Gasteiger partial charge in [0.1, 0.15) is 0 Å². The van der Waals surface area contributed by atoms with Crippen molar-refractivity contribution in [1.29, 1.82) is 0 Å². The van der Waals surface area contributed by atoms with Gasteiger partial charge in [-0.15, -0.1) is 0 Å². The van der Waals surface area contributed by atoms with Crippen molar-refractivity contribution >= 4 is 39.0 Å². The fourth-order valence-electron chi connectivity index (χ4n) is 2.15. The number of carbonyl (C=O) groups excluding carboxylic acids is 2. The number of anilines is 1. The minimum Gasteiger partial charge on any atom is -0.464 e. The van der Waals surface area contributed by atoms with E-state index in [0.717, 1.165) is 9.99 Å². The second kappa shape index (κ2) is 5.84. The van der Waals surface area contributed by atoms with E-state index in [-0.39, 0.29) is 17.3 Å². The van der Waals surface area contributed by atoms with Crippen LogP contribution in [0.1, 0.15) is 20.8 Å². The van der Waals surface area contributed by atoms with Crippen LogP contribution in [-0.4, -0.2) is 38.4 Å². The number of aromatic nitrogens is 4. The molecule has 0 aliphatic heterocycles. The second-order valence-corrected chi connectivity index (χ2v) is 5.57. The summed E-state index contributed by atoms with van der Waals surface area (Å²) in [5, 5.41) is 10.8. The first kappa shape index (κ1) is 15.2. The molecular formula is C14H12BrN5O3. The molecular weight excluding hydrogens is 366 g/mol. The van der Waals surface area contributed by atoms with Gasteiger partial charge in [-0.05, 0) is 28.1 Å². The van der Waals surface area contributed by atoms with E-state index in [2.05, 4.69) is 31.4 Å². The highest BCUT2D eigenvalue weighted by molar-refractivity contribution is 9.10. The quantitative estimate of drug-likeness (QED) is 0.703. The van der Waals surface area contributed by atoms with Gasteiger partial charge >= 0.3 is 5.97 Å². The Labute approximate surface area is 139 Å². The number of nitrogens with zero attached hydrogens (tertiary/aromatic N) is 4. The van der Waals surface area contributed by atoms with Gasteiger partial charge < -0.3 is 10.1 Å². The fraction of sp³-hybridized carbons (Fsp3) is 0.143. The van der Waals surface area contributed by atoms with Crippen molar-refractivity contribution in [1.82, 2.24) is 19.4 Å². The molecule has 0 spiro atoms. The second-order valence-electron chi connectivity index (χ2n) is 4.72. The Morgan fingerprint density at radius 2 is 2.04 bits per heavy atom. The molecule has 0 unspecified atom stereocenters. The lowest BCUT2D eigenvalue weighted by atomic mass is 10.2. The van der Waals surface area contributed by atoms with Crippen LogP contribution in [0.4, 0.5) is 5.69 Å². The molecule has 23 heavy (non-hydrogen) atoms. The lowest BCUT2D eigenvalue weighted by Crippen LogP contribution is -2.16. The number of hydrogen-bond acceptors (Lipinski definition) is 5. The third kappa shape index (κ3) is 2.70. The number of carbonyl (C=O) groups is 2. The topological polar surface area (TPSA) is 90.5 Å². The molecule has 1 amide bonds. The van der Waals surface area contributed by atoms with Gasteiger partial charge in [-0.1, -0.05) is 0 Å². The monoisotopic (exact) mass is 377 g/mol. The van der Waals surface area contributed by atoms with Crippen LogP contribution in [0.2, 0.25) is 0 Å². The molecule has 0 radical (unpaired) electrons. The Balaban J connectivity index is 1.90. The number of pyridine rings is 1. The fourth-order valence-corrected chi connectivity index (χ4v) is 2.55. The van der Waals surface area contributed by atoms with Crippen LogP contribution in [0.3, 0.4) is 0 Å². The molecule has 9 heteroatoms. The van der Waals surface area contributed by atoms with Crippen LogP contribution in [0.15, 0.2) is 35.2 Å². The number of esters is 1. The number of hydrogen-bond donors (Lipinski definition) is 1. The van der Waals surface area contributed by atoms with Crippen molar-refractivity contribution in [3.63, 3.8) is 0 Å². The summed E-state index contributed by atoms with van der Waals surface area (Å²) < 4.78 is 8.46. The van der Waals surface area contributed by atoms with E-state index >= 15 is 0 Å². The third-order valence-electron chi connectivity index (χ3n) is 3.30. The van der Waals surface area contributed by atoms with Gasteiger partial charge in [0.15, 0.2) is 5.69 Å². The molecule has 0 fully saturated rings. The summed E-state index contributed by atoms with van der Waals surface area (Å²) in [6.45, 7) is 0. The van der Waals surface area contributed by atoms with Gasteiger partial charge in [0, 0.05) is 13.2 Å². The molecule has 0 aromatic carbocycles. The van der Waals surface area contributed by atoms with Gasteiger partial charge in [-0.3, -0.25) is 9.48 Å². The van der Waals surface area contributed by atoms with Crippen molar-refractivity contribution in [2.45, 2.75) is 0 Å². The smallest absolute Gasteiger partial charge is 0.358 e. The van der Waals surface area contributed by atoms with E-state index in [1.165, 1.54) is 18.0 Å². The van der Waals surface area contributed by atoms with Crippen LogP contribution < -0.4 is 5.32 Å². The lowest BCUT2D eigenvalue weighted by Gasteiger charge is -2.06. The highest BCUT2D eigenvalue weighted by Crippen LogP contribution is 2.19. The van der Waals surface area contributed by atoms with Crippen molar-refractivity contribution in [2.24, 2.45) is 7.05 Å². The average Bonchev–Trinajstić information content (AvgIpc) is 3.10. The summed E-state index contributed by atoms with van der Waals surface area (Å²) in [7, 11) is 2.86. The van der Waals surface area contributed by atoms with Crippen molar-refractivity contribution in [2.75, 3.05) is 12.4 Å². The number of methoxy groups -OCH3 is 1. The van der Waals surface area contributed by atoms with Crippen molar-refractivity contribution in [3.8, 4) is 0 Å². The van der Waals surface area contributed by atoms with E-state index in [0.29, 0.717) is 5.56 Å². The Morgan fingerprint density at radius 3 is 2.78 bits per heavy atom. The summed E-state index contributed by atoms with van der Waals surface area (Å²) in [5.41, 5.74) is 1.70. The zero-order chi connectivity index (χ0) is 16.6. The molecule has 3 heterocycles. The number of aryl methyl sites for hydroxylation is 1. The molecule has 0 bridgehead atoms. The molecule has 3 rings (SSSR count). The predicted molar refractivity (Wildman–Crippen MR) is 85.4 cm³/mol. The number of nitrogens with one attached hydrogen (secondary N) is 1. The standard InChI is InChI=1S/C14H12BrN5O3/c1-19-12(14(22)23-2)10(6-16-19)18-13(21)8-3-4-11-9(15)5-17-20(11)7-8/h3-7H,1-2H3,(H,18,21). The molecule has 3 aromatic rings. The number of ether oxygens (including phenoxy) is 1. The Kier molecular flexibility index (Phi) is 3.87. The maximum absolute atomic E-state index is 12.4. The molecule has 1 N–H and O–H groups in total. The highest BCUT2D eigenvalue weighted by atomic mass is 79.9. The van der Waals surface area contributed by atoms with Gasteiger partial charge in [-0.2, -0.15) is 10.2 Å². The maximum atomic E-state index is 12.4. The molecule has 8 nitrogen and oxygen atoms in total. The molecule has 0 saturated heterocycles. The zero-order valence-corrected chi connectivity index (χ0v) is 13.9. The first-order valence-corrected chi connectivity index (χ1v) is 7.35. The summed E-state index contributed by atoms with van der Waals surface area (Å²) in [6, 6.07) is 3.45. The summed E-state index contributed by atoms with van der Waals surface area (Å²) >= 11 is 3.37. The van der Waals surface area contributed by atoms with E-state index in [9.17, 15) is 9.59 Å². The van der Waals surface area contributed by atoms with Gasteiger partial charge in [0.25, 0.3) is 5.91 Å². The molecule has 0 aliphatic carbocycles. The minimum atomic E-state index is -0.577. The molecule has 0 saturated carbocycles. The lowest BCUT2D eigenvalue weighted by molar-refractivity contribution is 0.0589. The van der Waals surface area contributed by atoms with Crippen molar-refractivity contribution in [3.05, 3.63) is 46.5 Å². The van der Waals surface area contributed by atoms with Crippen LogP contribution >= 0.6 is 15.9 Å². The zero-order valence-electron chi connectivity index (χ0n) is 12.3. The number of amides is 1. The average molecular weight is 378 g/mol.